The number of rotatable bonds is 1. The van der Waals surface area contributed by atoms with E-state index in [0.717, 1.165) is 0 Å². The number of hydrogen-bond acceptors (Lipinski definition) is 5. The van der Waals surface area contributed by atoms with Crippen molar-refractivity contribution in [3.63, 3.8) is 0 Å². The van der Waals surface area contributed by atoms with Gasteiger partial charge in [-0.3, -0.25) is 4.79 Å². The number of hydrogen-bond donors (Lipinski definition) is 2. The van der Waals surface area contributed by atoms with E-state index in [-0.39, 0.29) is 12.8 Å². The van der Waals surface area contributed by atoms with E-state index in [9.17, 15) is 14.4 Å². The Morgan fingerprint density at radius 3 is 3.08 bits per heavy atom. The standard InChI is InChI=1S/C6H7NO5/c8-4-2-1-3(5(9)12-4)7-6(10)11/h3,7H,1-2H2,(H,10,11)/t3-/m0/s1/i/hD. The lowest BCUT2D eigenvalue weighted by molar-refractivity contribution is -0.165. The first-order valence-corrected chi connectivity index (χ1v) is 3.31. The smallest absolute Gasteiger partial charge is 0.405 e. The van der Waals surface area contributed by atoms with Gasteiger partial charge in [0.2, 0.25) is 0 Å². The van der Waals surface area contributed by atoms with Gasteiger partial charge in [0.05, 0.1) is 0 Å². The van der Waals surface area contributed by atoms with Gasteiger partial charge in [-0.25, -0.2) is 9.59 Å². The summed E-state index contributed by atoms with van der Waals surface area (Å²) >= 11 is 0. The SMILES string of the molecule is [2H]OC(=O)N[C@H]1CCC(=O)OC1=O. The molecule has 0 aromatic carbocycles. The van der Waals surface area contributed by atoms with Crippen molar-refractivity contribution in [2.45, 2.75) is 18.9 Å². The second-order valence-corrected chi connectivity index (χ2v) is 2.32. The predicted octanol–water partition coefficient (Wildman–Crippen LogP) is -0.514. The van der Waals surface area contributed by atoms with Crippen LogP contribution in [0.5, 0.6) is 0 Å². The monoisotopic (exact) mass is 174 g/mol. The van der Waals surface area contributed by atoms with Crippen LogP contribution in [0.4, 0.5) is 4.79 Å². The highest BCUT2D eigenvalue weighted by molar-refractivity contribution is 5.92. The lowest BCUT2D eigenvalue weighted by Crippen LogP contribution is -2.44. The topological polar surface area (TPSA) is 92.7 Å². The van der Waals surface area contributed by atoms with Crippen LogP contribution in [0.25, 0.3) is 1.43 Å². The second-order valence-electron chi connectivity index (χ2n) is 2.32. The number of nitrogens with one attached hydrogen (secondary N) is 1. The number of carbonyl (C=O) groups excluding carboxylic acids is 2. The first-order valence-electron chi connectivity index (χ1n) is 3.72. The third-order valence-electron chi connectivity index (χ3n) is 1.43. The molecule has 0 saturated carbocycles. The molecular weight excluding hydrogens is 166 g/mol. The van der Waals surface area contributed by atoms with Gasteiger partial charge in [-0.2, -0.15) is 0 Å². The summed E-state index contributed by atoms with van der Waals surface area (Å²) in [5, 5.41) is 5.60. The molecule has 1 aliphatic heterocycles. The third-order valence-corrected chi connectivity index (χ3v) is 1.43. The number of carboxylic acid groups (broad SMARTS) is 1. The minimum Gasteiger partial charge on any atom is -0.465 e. The molecule has 0 radical (unpaired) electrons. The van der Waals surface area contributed by atoms with E-state index < -0.39 is 24.1 Å². The van der Waals surface area contributed by atoms with Crippen molar-refractivity contribution in [3.8, 4) is 0 Å². The Kier molecular flexibility index (Phi) is 1.89. The Morgan fingerprint density at radius 1 is 1.75 bits per heavy atom. The molecule has 1 heterocycles. The summed E-state index contributed by atoms with van der Waals surface area (Å²) in [5.74, 6) is -1.43. The van der Waals surface area contributed by atoms with Gasteiger partial charge in [-0.15, -0.1) is 0 Å². The predicted molar refractivity (Wildman–Crippen MR) is 35.3 cm³/mol. The van der Waals surface area contributed by atoms with Gasteiger partial charge in [0.1, 0.15) is 6.04 Å². The molecule has 1 aliphatic rings. The van der Waals surface area contributed by atoms with E-state index in [0.29, 0.717) is 0 Å². The fourth-order valence-corrected chi connectivity index (χ4v) is 0.888. The molecule has 1 fully saturated rings. The Bertz CT molecular complexity index is 253. The van der Waals surface area contributed by atoms with Crippen molar-refractivity contribution in [2.75, 3.05) is 0 Å². The Morgan fingerprint density at radius 2 is 2.50 bits per heavy atom. The average molecular weight is 174 g/mol. The highest BCUT2D eigenvalue weighted by Crippen LogP contribution is 2.08. The molecule has 2 N–H and O–H groups in total. The number of ether oxygens (including phenoxy) is 1. The molecule has 1 atom stereocenters. The van der Waals surface area contributed by atoms with E-state index in [4.69, 9.17) is 1.43 Å². The molecule has 1 rings (SSSR count). The number of cyclic esters (lactones) is 2. The molecule has 66 valence electrons. The number of esters is 2. The van der Waals surface area contributed by atoms with Crippen molar-refractivity contribution < 1.29 is 24.2 Å². The molecule has 0 aromatic rings. The molecule has 0 aliphatic carbocycles. The van der Waals surface area contributed by atoms with Crippen molar-refractivity contribution in [1.29, 1.82) is 1.43 Å². The summed E-state index contributed by atoms with van der Waals surface area (Å²) < 4.78 is 10.4. The molecule has 1 amide bonds. The highest BCUT2D eigenvalue weighted by atomic mass is 16.6. The molecule has 0 spiro atoms. The zero-order valence-electron chi connectivity index (χ0n) is 7.03. The normalized spacial score (nSPS) is 24.0. The maximum absolute atomic E-state index is 10.9. The van der Waals surface area contributed by atoms with Crippen LogP contribution in [-0.4, -0.2) is 29.2 Å². The van der Waals surface area contributed by atoms with Gasteiger partial charge in [0.15, 0.2) is 0 Å². The molecular formula is C6H7NO5. The molecule has 0 unspecified atom stereocenters. The van der Waals surface area contributed by atoms with Gasteiger partial charge < -0.3 is 15.2 Å². The highest BCUT2D eigenvalue weighted by Gasteiger charge is 2.29. The first-order chi connectivity index (χ1) is 6.13. The molecule has 6 heteroatoms. The Labute approximate surface area is 69.0 Å². The zero-order chi connectivity index (χ0) is 9.84. The van der Waals surface area contributed by atoms with Crippen LogP contribution in [0, 0.1) is 0 Å². The summed E-state index contributed by atoms with van der Waals surface area (Å²) in [6, 6.07) is -0.893. The van der Waals surface area contributed by atoms with E-state index in [1.54, 1.807) is 0 Å². The van der Waals surface area contributed by atoms with Crippen molar-refractivity contribution in [1.82, 2.24) is 5.32 Å². The van der Waals surface area contributed by atoms with Gasteiger partial charge in [-0.05, 0) is 6.42 Å². The second kappa shape index (κ2) is 3.21. The lowest BCUT2D eigenvalue weighted by atomic mass is 10.1. The van der Waals surface area contributed by atoms with Crippen LogP contribution < -0.4 is 5.32 Å². The molecule has 6 nitrogen and oxygen atoms in total. The van der Waals surface area contributed by atoms with E-state index in [2.05, 4.69) is 15.2 Å². The summed E-state index contributed by atoms with van der Waals surface area (Å²) in [6.45, 7) is 0. The van der Waals surface area contributed by atoms with Crippen LogP contribution in [0.2, 0.25) is 0 Å². The summed E-state index contributed by atoms with van der Waals surface area (Å²) in [4.78, 5) is 31.9. The van der Waals surface area contributed by atoms with E-state index in [1.165, 1.54) is 0 Å². The van der Waals surface area contributed by atoms with E-state index >= 15 is 0 Å². The molecule has 0 bridgehead atoms. The zero-order valence-corrected chi connectivity index (χ0v) is 6.03. The minimum absolute atomic E-state index is 0.0642. The fraction of sp³-hybridized carbons (Fsp3) is 0.500. The van der Waals surface area contributed by atoms with Crippen LogP contribution in [0.15, 0.2) is 0 Å². The van der Waals surface area contributed by atoms with Crippen LogP contribution in [0.1, 0.15) is 12.8 Å². The summed E-state index contributed by atoms with van der Waals surface area (Å²) in [6.07, 6.45) is -0.808. The first kappa shape index (κ1) is 7.08. The quantitative estimate of drug-likeness (QED) is 0.412. The van der Waals surface area contributed by atoms with Gasteiger partial charge in [0.25, 0.3) is 1.43 Å². The fourth-order valence-electron chi connectivity index (χ4n) is 0.888. The molecule has 12 heavy (non-hydrogen) atoms. The maximum Gasteiger partial charge on any atom is 0.405 e. The molecule has 0 aromatic heterocycles. The minimum atomic E-state index is -1.05. The van der Waals surface area contributed by atoms with Crippen LogP contribution >= 0.6 is 0 Å². The van der Waals surface area contributed by atoms with Gasteiger partial charge in [0, 0.05) is 6.42 Å². The summed E-state index contributed by atoms with van der Waals surface area (Å²) in [7, 11) is 0. The average Bonchev–Trinajstić information content (AvgIpc) is 2.09. The van der Waals surface area contributed by atoms with Gasteiger partial charge in [-0.1, -0.05) is 0 Å². The van der Waals surface area contributed by atoms with Crippen molar-refractivity contribution in [3.05, 3.63) is 0 Å². The van der Waals surface area contributed by atoms with Gasteiger partial charge >= 0.3 is 18.0 Å². The van der Waals surface area contributed by atoms with Crippen molar-refractivity contribution in [2.24, 2.45) is 0 Å². The Balaban J connectivity index is 2.47. The number of carbonyl (C=O) groups is 3. The largest absolute Gasteiger partial charge is 0.465 e. The van der Waals surface area contributed by atoms with Crippen molar-refractivity contribution >= 4 is 18.0 Å². The van der Waals surface area contributed by atoms with Crippen LogP contribution in [-0.2, 0) is 14.3 Å². The van der Waals surface area contributed by atoms with Crippen LogP contribution in [0.3, 0.4) is 0 Å². The summed E-state index contributed by atoms with van der Waals surface area (Å²) in [5.41, 5.74) is 0. The molecule has 1 saturated heterocycles. The van der Waals surface area contributed by atoms with E-state index in [1.807, 2.05) is 0 Å². The Hall–Kier alpha value is -1.59. The third kappa shape index (κ3) is 1.94. The maximum atomic E-state index is 10.9. The lowest BCUT2D eigenvalue weighted by Gasteiger charge is -2.18. The number of amides is 1.